The molecule has 14 heavy (non-hydrogen) atoms. The number of aldehydes is 1. The summed E-state index contributed by atoms with van der Waals surface area (Å²) in [6.45, 7) is 0. The van der Waals surface area contributed by atoms with Gasteiger partial charge in [0.25, 0.3) is 0 Å². The monoisotopic (exact) mass is 221 g/mol. The number of thiophene rings is 1. The molecule has 2 aromatic rings. The maximum absolute atomic E-state index is 10.6. The zero-order chi connectivity index (χ0) is 10.1. The predicted octanol–water partition coefficient (Wildman–Crippen LogP) is 3.24. The van der Waals surface area contributed by atoms with Crippen LogP contribution < -0.4 is 0 Å². The molecule has 0 atom stereocenters. The van der Waals surface area contributed by atoms with E-state index >= 15 is 0 Å². The lowest BCUT2D eigenvalue weighted by atomic mass is 10.1. The van der Waals surface area contributed by atoms with E-state index < -0.39 is 0 Å². The lowest BCUT2D eigenvalue weighted by Gasteiger charge is -1.95. The Hall–Kier alpha value is -1.37. The van der Waals surface area contributed by atoms with Crippen LogP contribution in [0.5, 0.6) is 0 Å². The van der Waals surface area contributed by atoms with Crippen molar-refractivity contribution in [2.45, 2.75) is 0 Å². The minimum absolute atomic E-state index is 0.481. The molecule has 4 heteroatoms. The fourth-order valence-electron chi connectivity index (χ4n) is 1.28. The topological polar surface area (TPSA) is 40.9 Å². The summed E-state index contributed by atoms with van der Waals surface area (Å²) in [5, 5.41) is 12.0. The number of rotatable bonds is 1. The average molecular weight is 222 g/mol. The van der Waals surface area contributed by atoms with Crippen LogP contribution in [0.3, 0.4) is 0 Å². The standard InChI is InChI=1S/C10H4ClNOS/c11-9-5-14-10-7(3-12)1-6(4-13)2-8(9)10/h1-2,4-5H. The number of carbonyl (C=O) groups is 1. The second-order valence-electron chi connectivity index (χ2n) is 2.76. The number of hydrogen-bond acceptors (Lipinski definition) is 3. The van der Waals surface area contributed by atoms with Gasteiger partial charge in [0.15, 0.2) is 0 Å². The van der Waals surface area contributed by atoms with Crippen LogP contribution in [0.25, 0.3) is 10.1 Å². The van der Waals surface area contributed by atoms with Gasteiger partial charge >= 0.3 is 0 Å². The second-order valence-corrected chi connectivity index (χ2v) is 4.05. The van der Waals surface area contributed by atoms with Gasteiger partial charge in [-0.25, -0.2) is 0 Å². The van der Waals surface area contributed by atoms with Gasteiger partial charge in [-0.3, -0.25) is 4.79 Å². The SMILES string of the molecule is N#Cc1cc(C=O)cc2c(Cl)csc12. The molecule has 0 bridgehead atoms. The van der Waals surface area contributed by atoms with Gasteiger partial charge in [0.05, 0.1) is 15.3 Å². The first kappa shape index (κ1) is 9.20. The molecule has 1 heterocycles. The molecule has 0 aliphatic heterocycles. The first-order valence-electron chi connectivity index (χ1n) is 3.82. The third kappa shape index (κ3) is 1.29. The summed E-state index contributed by atoms with van der Waals surface area (Å²) in [6, 6.07) is 5.32. The summed E-state index contributed by atoms with van der Waals surface area (Å²) in [6.07, 6.45) is 0.717. The van der Waals surface area contributed by atoms with Gasteiger partial charge in [-0.1, -0.05) is 11.6 Å². The Labute approximate surface area is 89.3 Å². The lowest BCUT2D eigenvalue weighted by Crippen LogP contribution is -1.82. The van der Waals surface area contributed by atoms with Gasteiger partial charge in [-0.05, 0) is 12.1 Å². The molecular formula is C10H4ClNOS. The third-order valence-corrected chi connectivity index (χ3v) is 3.38. The van der Waals surface area contributed by atoms with Gasteiger partial charge in [-0.15, -0.1) is 11.3 Å². The Balaban J connectivity index is 2.91. The van der Waals surface area contributed by atoms with Crippen LogP contribution >= 0.6 is 22.9 Å². The summed E-state index contributed by atoms with van der Waals surface area (Å²) in [5.41, 5.74) is 0.982. The number of fused-ring (bicyclic) bond motifs is 1. The van der Waals surface area contributed by atoms with E-state index in [2.05, 4.69) is 6.07 Å². The fraction of sp³-hybridized carbons (Fsp3) is 0. The molecule has 0 aliphatic rings. The third-order valence-electron chi connectivity index (χ3n) is 1.91. The van der Waals surface area contributed by atoms with Crippen molar-refractivity contribution in [3.8, 4) is 6.07 Å². The first-order chi connectivity index (χ1) is 6.76. The predicted molar refractivity (Wildman–Crippen MR) is 56.9 cm³/mol. The highest BCUT2D eigenvalue weighted by molar-refractivity contribution is 7.18. The quantitative estimate of drug-likeness (QED) is 0.694. The Kier molecular flexibility index (Phi) is 2.24. The van der Waals surface area contributed by atoms with E-state index in [4.69, 9.17) is 16.9 Å². The summed E-state index contributed by atoms with van der Waals surface area (Å²) in [4.78, 5) is 10.6. The van der Waals surface area contributed by atoms with E-state index in [1.165, 1.54) is 11.3 Å². The minimum Gasteiger partial charge on any atom is -0.298 e. The van der Waals surface area contributed by atoms with Crippen molar-refractivity contribution in [2.24, 2.45) is 0 Å². The van der Waals surface area contributed by atoms with Gasteiger partial charge in [-0.2, -0.15) is 5.26 Å². The van der Waals surface area contributed by atoms with Gasteiger partial charge in [0, 0.05) is 16.3 Å². The molecule has 0 fully saturated rings. The molecule has 0 N–H and O–H groups in total. The number of hydrogen-bond donors (Lipinski definition) is 0. The van der Waals surface area contributed by atoms with Gasteiger partial charge in [0.2, 0.25) is 0 Å². The van der Waals surface area contributed by atoms with E-state index in [0.29, 0.717) is 22.4 Å². The summed E-state index contributed by atoms with van der Waals surface area (Å²) in [7, 11) is 0. The smallest absolute Gasteiger partial charge is 0.150 e. The van der Waals surface area contributed by atoms with E-state index in [1.807, 2.05) is 0 Å². The molecule has 0 amide bonds. The van der Waals surface area contributed by atoms with E-state index in [1.54, 1.807) is 17.5 Å². The highest BCUT2D eigenvalue weighted by Crippen LogP contribution is 2.32. The highest BCUT2D eigenvalue weighted by atomic mass is 35.5. The van der Waals surface area contributed by atoms with Crippen LogP contribution in [0.15, 0.2) is 17.5 Å². The first-order valence-corrected chi connectivity index (χ1v) is 5.08. The summed E-state index contributed by atoms with van der Waals surface area (Å²) in [5.74, 6) is 0. The van der Waals surface area contributed by atoms with E-state index in [9.17, 15) is 4.79 Å². The molecule has 0 saturated heterocycles. The number of halogens is 1. The van der Waals surface area contributed by atoms with Crippen LogP contribution in [0.4, 0.5) is 0 Å². The Morgan fingerprint density at radius 2 is 2.29 bits per heavy atom. The Morgan fingerprint density at radius 3 is 2.93 bits per heavy atom. The molecule has 68 valence electrons. The summed E-state index contributed by atoms with van der Waals surface area (Å²) < 4.78 is 0.836. The average Bonchev–Trinajstić information content (AvgIpc) is 2.59. The fourth-order valence-corrected chi connectivity index (χ4v) is 2.50. The van der Waals surface area contributed by atoms with Crippen molar-refractivity contribution in [3.05, 3.63) is 33.7 Å². The molecule has 0 radical (unpaired) electrons. The zero-order valence-electron chi connectivity index (χ0n) is 6.95. The highest BCUT2D eigenvalue weighted by Gasteiger charge is 2.08. The molecular weight excluding hydrogens is 218 g/mol. The number of nitrogens with zero attached hydrogens (tertiary/aromatic N) is 1. The zero-order valence-corrected chi connectivity index (χ0v) is 8.52. The van der Waals surface area contributed by atoms with Crippen molar-refractivity contribution in [1.29, 1.82) is 5.26 Å². The van der Waals surface area contributed by atoms with Crippen molar-refractivity contribution in [3.63, 3.8) is 0 Å². The maximum atomic E-state index is 10.6. The van der Waals surface area contributed by atoms with Crippen LogP contribution in [-0.4, -0.2) is 6.29 Å². The molecule has 1 aromatic carbocycles. The molecule has 1 aromatic heterocycles. The normalized spacial score (nSPS) is 10.0. The van der Waals surface area contributed by atoms with Crippen molar-refractivity contribution < 1.29 is 4.79 Å². The van der Waals surface area contributed by atoms with Crippen molar-refractivity contribution in [2.75, 3.05) is 0 Å². The lowest BCUT2D eigenvalue weighted by molar-refractivity contribution is 0.112. The Morgan fingerprint density at radius 1 is 1.50 bits per heavy atom. The molecule has 0 spiro atoms. The van der Waals surface area contributed by atoms with Crippen molar-refractivity contribution in [1.82, 2.24) is 0 Å². The molecule has 0 aliphatic carbocycles. The maximum Gasteiger partial charge on any atom is 0.150 e. The van der Waals surface area contributed by atoms with Crippen molar-refractivity contribution >= 4 is 39.3 Å². The molecule has 2 nitrogen and oxygen atoms in total. The van der Waals surface area contributed by atoms with Crippen LogP contribution in [0.1, 0.15) is 15.9 Å². The Bertz CT molecular complexity index is 553. The molecule has 0 unspecified atom stereocenters. The van der Waals surface area contributed by atoms with Crippen LogP contribution in [-0.2, 0) is 0 Å². The number of benzene rings is 1. The number of nitriles is 1. The molecule has 0 saturated carbocycles. The largest absolute Gasteiger partial charge is 0.298 e. The van der Waals surface area contributed by atoms with Crippen LogP contribution in [0, 0.1) is 11.3 Å². The second kappa shape index (κ2) is 3.41. The van der Waals surface area contributed by atoms with E-state index in [0.717, 1.165) is 10.1 Å². The van der Waals surface area contributed by atoms with Gasteiger partial charge in [0.1, 0.15) is 12.4 Å². The molecule has 2 rings (SSSR count). The minimum atomic E-state index is 0.481. The number of carbonyl (C=O) groups excluding carboxylic acids is 1. The van der Waals surface area contributed by atoms with E-state index in [-0.39, 0.29) is 0 Å². The summed E-state index contributed by atoms with van der Waals surface area (Å²) >= 11 is 7.33. The van der Waals surface area contributed by atoms with Crippen LogP contribution in [0.2, 0.25) is 5.02 Å². The van der Waals surface area contributed by atoms with Gasteiger partial charge < -0.3 is 0 Å².